The number of carbonyl (C=O) groups is 1. The Bertz CT molecular complexity index is 1580. The minimum absolute atomic E-state index is 0.214. The van der Waals surface area contributed by atoms with Gasteiger partial charge in [-0.15, -0.1) is 0 Å². The fourth-order valence-corrected chi connectivity index (χ4v) is 5.64. The molecule has 0 aliphatic carbocycles. The van der Waals surface area contributed by atoms with Crippen LogP contribution in [0.5, 0.6) is 5.88 Å². The molecule has 0 radical (unpaired) electrons. The standard InChI is InChI=1S/C26H30ClN7O3S/c1-15-7-6-10-37-25-18(13-28-33(25)3)21-12-17(11-16(2)29-21)24(35)31-26-30-20-9-8-19(32-38(4,5)36)22(27)23(20)34(26)14-15/h8-9,11-13,15H,6-7,10,14H2,1-5H3,(H,30,31,35). The number of aromatic nitrogens is 3. The Hall–Kier alpha value is -3.44. The number of nitrogens with zero attached hydrogens (tertiary/aromatic N) is 6. The minimum atomic E-state index is -2.42. The topological polar surface area (TPSA) is 114 Å². The van der Waals surface area contributed by atoms with Gasteiger partial charge in [-0.3, -0.25) is 9.78 Å². The lowest BCUT2D eigenvalue weighted by Gasteiger charge is -2.24. The second-order valence-electron chi connectivity index (χ2n) is 10.0. The van der Waals surface area contributed by atoms with Crippen LogP contribution in [0.1, 0.15) is 35.8 Å². The van der Waals surface area contributed by atoms with Crippen molar-refractivity contribution in [2.75, 3.05) is 35.9 Å². The first kappa shape index (κ1) is 26.2. The SMILES string of the molecule is Cc1cc2cc(n1)-c1cnn(C)c1OCCCC(C)CN1/C(=N/C2=O)Nc2ccc(N=S(C)(C)=O)c(Cl)c21. The summed E-state index contributed by atoms with van der Waals surface area (Å²) in [6.45, 7) is 5.03. The van der Waals surface area contributed by atoms with E-state index in [4.69, 9.17) is 16.3 Å². The third-order valence-electron chi connectivity index (χ3n) is 6.33. The van der Waals surface area contributed by atoms with E-state index < -0.39 is 15.6 Å². The molecule has 1 amide bonds. The Morgan fingerprint density at radius 1 is 1.26 bits per heavy atom. The monoisotopic (exact) mass is 555 g/mol. The van der Waals surface area contributed by atoms with Crippen molar-refractivity contribution in [2.45, 2.75) is 26.7 Å². The van der Waals surface area contributed by atoms with Gasteiger partial charge in [0.15, 0.2) is 0 Å². The predicted molar refractivity (Wildman–Crippen MR) is 151 cm³/mol. The molecule has 0 saturated heterocycles. The van der Waals surface area contributed by atoms with E-state index in [0.717, 1.165) is 18.4 Å². The maximum atomic E-state index is 13.5. The number of fused-ring (bicyclic) bond motifs is 7. The molecule has 10 nitrogen and oxygen atoms in total. The summed E-state index contributed by atoms with van der Waals surface area (Å²) in [5.74, 6) is 0.787. The van der Waals surface area contributed by atoms with Gasteiger partial charge in [0.25, 0.3) is 5.91 Å². The van der Waals surface area contributed by atoms with E-state index in [9.17, 15) is 9.00 Å². The highest BCUT2D eigenvalue weighted by molar-refractivity contribution is 7.92. The number of benzene rings is 1. The summed E-state index contributed by atoms with van der Waals surface area (Å²) in [6.07, 6.45) is 6.51. The Balaban J connectivity index is 1.62. The zero-order valence-corrected chi connectivity index (χ0v) is 23.6. The highest BCUT2D eigenvalue weighted by atomic mass is 35.5. The predicted octanol–water partition coefficient (Wildman–Crippen LogP) is 5.04. The molecule has 2 aromatic heterocycles. The summed E-state index contributed by atoms with van der Waals surface area (Å²) in [5.41, 5.74) is 4.21. The number of halogens is 1. The number of rotatable bonds is 1. The number of nitrogens with one attached hydrogen (secondary N) is 1. The van der Waals surface area contributed by atoms with Crippen molar-refractivity contribution in [1.82, 2.24) is 14.8 Å². The minimum Gasteiger partial charge on any atom is -0.477 e. The third-order valence-corrected chi connectivity index (χ3v) is 7.34. The molecule has 38 heavy (non-hydrogen) atoms. The van der Waals surface area contributed by atoms with Crippen LogP contribution in [0.25, 0.3) is 11.3 Å². The molecule has 2 aliphatic heterocycles. The molecular weight excluding hydrogens is 526 g/mol. The van der Waals surface area contributed by atoms with Crippen LogP contribution in [-0.4, -0.2) is 56.5 Å². The van der Waals surface area contributed by atoms with E-state index in [1.807, 2.05) is 24.9 Å². The van der Waals surface area contributed by atoms with Gasteiger partial charge in [0.2, 0.25) is 11.8 Å². The van der Waals surface area contributed by atoms with Crippen LogP contribution in [0.2, 0.25) is 5.02 Å². The first-order valence-electron chi connectivity index (χ1n) is 12.3. The van der Waals surface area contributed by atoms with Crippen molar-refractivity contribution < 1.29 is 13.7 Å². The molecule has 1 N–H and O–H groups in total. The number of hydrogen-bond donors (Lipinski definition) is 1. The van der Waals surface area contributed by atoms with Crippen molar-refractivity contribution in [3.05, 3.63) is 46.7 Å². The van der Waals surface area contributed by atoms with Gasteiger partial charge in [0.1, 0.15) is 0 Å². The van der Waals surface area contributed by atoms with Gasteiger partial charge in [-0.25, -0.2) is 8.89 Å². The highest BCUT2D eigenvalue weighted by Gasteiger charge is 2.31. The van der Waals surface area contributed by atoms with Gasteiger partial charge in [0, 0.05) is 47.1 Å². The van der Waals surface area contributed by atoms with E-state index in [1.165, 1.54) is 0 Å². The molecule has 3 aromatic rings. The smallest absolute Gasteiger partial charge is 0.280 e. The van der Waals surface area contributed by atoms with Crippen LogP contribution in [-0.2, 0) is 16.8 Å². The molecule has 4 heterocycles. The van der Waals surface area contributed by atoms with Gasteiger partial charge in [-0.1, -0.05) is 18.5 Å². The van der Waals surface area contributed by atoms with Gasteiger partial charge >= 0.3 is 0 Å². The first-order valence-corrected chi connectivity index (χ1v) is 15.0. The van der Waals surface area contributed by atoms with Gasteiger partial charge in [-0.05, 0) is 49.9 Å². The first-order chi connectivity index (χ1) is 18.0. The van der Waals surface area contributed by atoms with E-state index in [0.29, 0.717) is 64.0 Å². The normalized spacial score (nSPS) is 19.1. The number of anilines is 2. The average molecular weight is 556 g/mol. The Morgan fingerprint density at radius 2 is 2.05 bits per heavy atom. The second-order valence-corrected chi connectivity index (χ2v) is 12.9. The number of carbonyl (C=O) groups excluding carboxylic acids is 1. The van der Waals surface area contributed by atoms with Crippen LogP contribution in [0.4, 0.5) is 17.1 Å². The van der Waals surface area contributed by atoms with Gasteiger partial charge in [0.05, 0.1) is 46.1 Å². The fourth-order valence-electron chi connectivity index (χ4n) is 4.65. The number of ether oxygens (including phenoxy) is 1. The number of pyridine rings is 1. The largest absolute Gasteiger partial charge is 0.477 e. The molecule has 0 saturated carbocycles. The van der Waals surface area contributed by atoms with E-state index in [2.05, 4.69) is 31.7 Å². The number of amides is 1. The highest BCUT2D eigenvalue weighted by Crippen LogP contribution is 2.45. The number of aliphatic imine (C=N–C) groups is 1. The Labute approximate surface area is 227 Å². The van der Waals surface area contributed by atoms with E-state index in [1.54, 1.807) is 41.6 Å². The van der Waals surface area contributed by atoms with Crippen LogP contribution in [0, 0.1) is 12.8 Å². The average Bonchev–Trinajstić information content (AvgIpc) is 3.37. The fraction of sp³-hybridized carbons (Fsp3) is 0.385. The summed E-state index contributed by atoms with van der Waals surface area (Å²) in [7, 11) is -0.603. The van der Waals surface area contributed by atoms with Crippen molar-refractivity contribution >= 4 is 50.3 Å². The Morgan fingerprint density at radius 3 is 2.82 bits per heavy atom. The van der Waals surface area contributed by atoms with Crippen molar-refractivity contribution in [3.8, 4) is 17.1 Å². The quantitative estimate of drug-likeness (QED) is 0.447. The molecule has 200 valence electrons. The summed E-state index contributed by atoms with van der Waals surface area (Å²) >= 11 is 6.81. The molecule has 2 aliphatic rings. The van der Waals surface area contributed by atoms with Gasteiger partial charge < -0.3 is 15.0 Å². The Kier molecular flexibility index (Phi) is 6.91. The van der Waals surface area contributed by atoms with Crippen LogP contribution < -0.4 is 15.0 Å². The molecule has 1 aromatic carbocycles. The second kappa shape index (κ2) is 10.0. The van der Waals surface area contributed by atoms with E-state index >= 15 is 0 Å². The lowest BCUT2D eigenvalue weighted by molar-refractivity contribution is 0.100. The van der Waals surface area contributed by atoms with Crippen LogP contribution in [0.3, 0.4) is 0 Å². The zero-order valence-electron chi connectivity index (χ0n) is 22.0. The maximum absolute atomic E-state index is 13.5. The molecule has 1 atom stereocenters. The number of aryl methyl sites for hydroxylation is 2. The number of guanidine groups is 1. The molecule has 5 rings (SSSR count). The lowest BCUT2D eigenvalue weighted by Crippen LogP contribution is -2.35. The molecule has 1 unspecified atom stereocenters. The molecule has 12 heteroatoms. The number of hydrogen-bond acceptors (Lipinski definition) is 8. The molecule has 0 spiro atoms. The summed E-state index contributed by atoms with van der Waals surface area (Å²) < 4.78 is 24.5. The van der Waals surface area contributed by atoms with Gasteiger partial charge in [-0.2, -0.15) is 14.5 Å². The van der Waals surface area contributed by atoms with Crippen LogP contribution >= 0.6 is 11.6 Å². The van der Waals surface area contributed by atoms with E-state index in [-0.39, 0.29) is 5.92 Å². The lowest BCUT2D eigenvalue weighted by atomic mass is 10.1. The van der Waals surface area contributed by atoms with Crippen molar-refractivity contribution in [2.24, 2.45) is 22.3 Å². The summed E-state index contributed by atoms with van der Waals surface area (Å²) in [6, 6.07) is 6.96. The van der Waals surface area contributed by atoms with Crippen molar-refractivity contribution in [3.63, 3.8) is 0 Å². The third kappa shape index (κ3) is 5.25. The van der Waals surface area contributed by atoms with Crippen molar-refractivity contribution in [1.29, 1.82) is 0 Å². The summed E-state index contributed by atoms with van der Waals surface area (Å²) in [4.78, 5) is 24.5. The zero-order chi connectivity index (χ0) is 27.2. The molecular formula is C26H30ClN7O3S. The molecule has 2 bridgehead atoms. The van der Waals surface area contributed by atoms with Crippen LogP contribution in [0.15, 0.2) is 39.8 Å². The summed E-state index contributed by atoms with van der Waals surface area (Å²) in [5, 5.41) is 7.97. The maximum Gasteiger partial charge on any atom is 0.280 e. The molecule has 0 fully saturated rings.